The van der Waals surface area contributed by atoms with Crippen LogP contribution in [0.3, 0.4) is 0 Å². The van der Waals surface area contributed by atoms with Crippen LogP contribution in [-0.2, 0) is 16.2 Å². The number of pyridine rings is 1. The van der Waals surface area contributed by atoms with Crippen LogP contribution in [0.15, 0.2) is 17.5 Å². The van der Waals surface area contributed by atoms with E-state index in [0.717, 1.165) is 41.7 Å². The van der Waals surface area contributed by atoms with E-state index in [1.807, 2.05) is 17.8 Å². The summed E-state index contributed by atoms with van der Waals surface area (Å²) in [7, 11) is 0. The van der Waals surface area contributed by atoms with Gasteiger partial charge in [-0.1, -0.05) is 40.3 Å². The van der Waals surface area contributed by atoms with Crippen LogP contribution in [0.4, 0.5) is 5.69 Å². The summed E-state index contributed by atoms with van der Waals surface area (Å²) in [5.41, 5.74) is 1.75. The summed E-state index contributed by atoms with van der Waals surface area (Å²) < 4.78 is 1.86. The lowest BCUT2D eigenvalue weighted by atomic mass is 9.93. The molecule has 28 heavy (non-hydrogen) atoms. The molecule has 1 atom stereocenters. The number of aliphatic carboxylic acids is 1. The Morgan fingerprint density at radius 3 is 2.82 bits per heavy atom. The minimum atomic E-state index is -1.38. The van der Waals surface area contributed by atoms with Gasteiger partial charge in [-0.15, -0.1) is 0 Å². The monoisotopic (exact) mass is 449 g/mol. The third-order valence-corrected chi connectivity index (χ3v) is 6.53. The number of hydrogen-bond donors (Lipinski definition) is 2. The van der Waals surface area contributed by atoms with Gasteiger partial charge in [-0.2, -0.15) is 5.10 Å². The standard InChI is InChI=1S/C19H24BrN5O3/c1-2-25-17-14(10-22-25)16(23-12-6-4-3-5-7-12)13(9-21-17)15-8-19(11-20,18(26)27)28-24-15/h9-10,12H,2-8,11H2,1H3,(H,21,23)(H,26,27). The van der Waals surface area contributed by atoms with Gasteiger partial charge in [-0.3, -0.25) is 0 Å². The predicted molar refractivity (Wildman–Crippen MR) is 110 cm³/mol. The van der Waals surface area contributed by atoms with Crippen molar-refractivity contribution in [2.24, 2.45) is 5.16 Å². The molecule has 4 rings (SSSR count). The second-order valence-corrected chi connectivity index (χ2v) is 8.02. The van der Waals surface area contributed by atoms with E-state index in [4.69, 9.17) is 4.84 Å². The van der Waals surface area contributed by atoms with E-state index >= 15 is 0 Å². The fraction of sp³-hybridized carbons (Fsp3) is 0.579. The highest BCUT2D eigenvalue weighted by Gasteiger charge is 2.47. The smallest absolute Gasteiger partial charge is 0.352 e. The highest BCUT2D eigenvalue weighted by molar-refractivity contribution is 9.09. The zero-order valence-corrected chi connectivity index (χ0v) is 17.4. The number of rotatable bonds is 6. The van der Waals surface area contributed by atoms with E-state index in [0.29, 0.717) is 11.8 Å². The van der Waals surface area contributed by atoms with Gasteiger partial charge in [0.1, 0.15) is 0 Å². The number of carboxylic acid groups (broad SMARTS) is 1. The molecule has 0 amide bonds. The number of fused-ring (bicyclic) bond motifs is 1. The second kappa shape index (κ2) is 7.69. The Hall–Kier alpha value is -2.16. The summed E-state index contributed by atoms with van der Waals surface area (Å²) in [5, 5.41) is 23.0. The minimum absolute atomic E-state index is 0.164. The molecule has 2 N–H and O–H groups in total. The molecular weight excluding hydrogens is 426 g/mol. The molecule has 150 valence electrons. The van der Waals surface area contributed by atoms with Gasteiger partial charge in [-0.05, 0) is 19.8 Å². The van der Waals surface area contributed by atoms with Crippen molar-refractivity contribution in [3.05, 3.63) is 18.0 Å². The number of oxime groups is 1. The molecule has 3 heterocycles. The average Bonchev–Trinajstić information content (AvgIpc) is 3.34. The number of aryl methyl sites for hydroxylation is 1. The number of alkyl halides is 1. The summed E-state index contributed by atoms with van der Waals surface area (Å²) >= 11 is 3.26. The molecule has 1 aliphatic carbocycles. The molecule has 1 unspecified atom stereocenters. The van der Waals surface area contributed by atoms with Crippen molar-refractivity contribution in [3.63, 3.8) is 0 Å². The third kappa shape index (κ3) is 3.25. The van der Waals surface area contributed by atoms with E-state index in [1.165, 1.54) is 19.3 Å². The molecule has 9 heteroatoms. The first-order valence-electron chi connectivity index (χ1n) is 9.74. The normalized spacial score (nSPS) is 22.9. The molecular formula is C19H24BrN5O3. The number of nitrogens with one attached hydrogen (secondary N) is 1. The molecule has 0 saturated heterocycles. The molecule has 0 radical (unpaired) electrons. The number of carboxylic acids is 1. The Balaban J connectivity index is 1.75. The molecule has 1 fully saturated rings. The van der Waals surface area contributed by atoms with Crippen LogP contribution >= 0.6 is 15.9 Å². The fourth-order valence-corrected chi connectivity index (χ4v) is 4.49. The van der Waals surface area contributed by atoms with Crippen molar-refractivity contribution in [1.82, 2.24) is 14.8 Å². The minimum Gasteiger partial charge on any atom is -0.478 e. The first-order valence-corrected chi connectivity index (χ1v) is 10.9. The molecule has 8 nitrogen and oxygen atoms in total. The lowest BCUT2D eigenvalue weighted by molar-refractivity contribution is -0.159. The SMILES string of the molecule is CCn1ncc2c(NC3CCCCC3)c(C3=NOC(CBr)(C(=O)O)C3)cnc21. The van der Waals surface area contributed by atoms with E-state index in [-0.39, 0.29) is 11.8 Å². The van der Waals surface area contributed by atoms with Crippen molar-refractivity contribution in [3.8, 4) is 0 Å². The van der Waals surface area contributed by atoms with E-state index < -0.39 is 11.6 Å². The topological polar surface area (TPSA) is 102 Å². The molecule has 2 aromatic heterocycles. The summed E-state index contributed by atoms with van der Waals surface area (Å²) in [6.07, 6.45) is 9.71. The Morgan fingerprint density at radius 2 is 2.18 bits per heavy atom. The predicted octanol–water partition coefficient (Wildman–Crippen LogP) is 3.54. The molecule has 2 aliphatic rings. The average molecular weight is 450 g/mol. The molecule has 0 aromatic carbocycles. The van der Waals surface area contributed by atoms with E-state index in [1.54, 1.807) is 6.20 Å². The van der Waals surface area contributed by atoms with Crippen LogP contribution in [0.2, 0.25) is 0 Å². The molecule has 2 aromatic rings. The highest BCUT2D eigenvalue weighted by atomic mass is 79.9. The van der Waals surface area contributed by atoms with Gasteiger partial charge in [0.15, 0.2) is 5.65 Å². The quantitative estimate of drug-likeness (QED) is 0.653. The molecule has 1 aliphatic heterocycles. The number of nitrogens with zero attached hydrogens (tertiary/aromatic N) is 4. The van der Waals surface area contributed by atoms with Gasteiger partial charge >= 0.3 is 5.97 Å². The number of halogens is 1. The zero-order valence-electron chi connectivity index (χ0n) is 15.8. The third-order valence-electron chi connectivity index (χ3n) is 5.62. The van der Waals surface area contributed by atoms with E-state index in [9.17, 15) is 9.90 Å². The summed E-state index contributed by atoms with van der Waals surface area (Å²) in [6, 6.07) is 0.381. The lowest BCUT2D eigenvalue weighted by Crippen LogP contribution is -2.40. The van der Waals surface area contributed by atoms with Crippen molar-refractivity contribution < 1.29 is 14.7 Å². The number of anilines is 1. The second-order valence-electron chi connectivity index (χ2n) is 7.46. The first-order chi connectivity index (χ1) is 13.6. The largest absolute Gasteiger partial charge is 0.478 e. The van der Waals surface area contributed by atoms with Crippen LogP contribution in [0.25, 0.3) is 11.0 Å². The molecule has 1 saturated carbocycles. The maximum absolute atomic E-state index is 11.7. The van der Waals surface area contributed by atoms with Crippen LogP contribution in [0.1, 0.15) is 51.0 Å². The van der Waals surface area contributed by atoms with Crippen molar-refractivity contribution in [1.29, 1.82) is 0 Å². The highest BCUT2D eigenvalue weighted by Crippen LogP contribution is 2.35. The van der Waals surface area contributed by atoms with Gasteiger partial charge in [0.25, 0.3) is 0 Å². The molecule has 0 spiro atoms. The zero-order chi connectivity index (χ0) is 19.7. The van der Waals surface area contributed by atoms with Crippen molar-refractivity contribution >= 4 is 44.3 Å². The Kier molecular flexibility index (Phi) is 5.27. The summed E-state index contributed by atoms with van der Waals surface area (Å²) in [6.45, 7) is 2.76. The van der Waals surface area contributed by atoms with Crippen LogP contribution in [0.5, 0.6) is 0 Å². The summed E-state index contributed by atoms with van der Waals surface area (Å²) in [4.78, 5) is 21.7. The van der Waals surface area contributed by atoms with Crippen LogP contribution in [-0.4, -0.2) is 48.5 Å². The number of aromatic nitrogens is 3. The first kappa shape index (κ1) is 19.2. The maximum Gasteiger partial charge on any atom is 0.352 e. The maximum atomic E-state index is 11.7. The Bertz CT molecular complexity index is 922. The fourth-order valence-electron chi connectivity index (χ4n) is 3.95. The van der Waals surface area contributed by atoms with Crippen molar-refractivity contribution in [2.75, 3.05) is 10.6 Å². The lowest BCUT2D eigenvalue weighted by Gasteiger charge is -2.25. The molecule has 0 bridgehead atoms. The van der Waals surface area contributed by atoms with E-state index in [2.05, 4.69) is 36.5 Å². The van der Waals surface area contributed by atoms with Gasteiger partial charge in [0, 0.05) is 30.8 Å². The summed E-state index contributed by atoms with van der Waals surface area (Å²) in [5.74, 6) is -1.03. The Morgan fingerprint density at radius 1 is 1.39 bits per heavy atom. The Labute approximate surface area is 171 Å². The van der Waals surface area contributed by atoms with Gasteiger partial charge in [0.2, 0.25) is 5.60 Å². The van der Waals surface area contributed by atoms with Gasteiger partial charge < -0.3 is 15.3 Å². The number of hydrogen-bond acceptors (Lipinski definition) is 6. The number of carbonyl (C=O) groups is 1. The van der Waals surface area contributed by atoms with Crippen molar-refractivity contribution in [2.45, 2.75) is 63.6 Å². The van der Waals surface area contributed by atoms with Gasteiger partial charge in [0.05, 0.1) is 28.3 Å². The van der Waals surface area contributed by atoms with Crippen LogP contribution in [0, 0.1) is 0 Å². The van der Waals surface area contributed by atoms with Gasteiger partial charge in [-0.25, -0.2) is 14.5 Å². The van der Waals surface area contributed by atoms with Crippen LogP contribution < -0.4 is 5.32 Å².